The average molecular weight is 309 g/mol. The number of rotatable bonds is 4. The van der Waals surface area contributed by atoms with Crippen LogP contribution in [0.25, 0.3) is 0 Å². The monoisotopic (exact) mass is 308 g/mol. The minimum atomic E-state index is -0.362. The van der Waals surface area contributed by atoms with Gasteiger partial charge in [-0.1, -0.05) is 38.4 Å². The molecule has 0 aliphatic heterocycles. The van der Waals surface area contributed by atoms with E-state index in [9.17, 15) is 4.39 Å². The van der Waals surface area contributed by atoms with Gasteiger partial charge in [-0.25, -0.2) is 14.4 Å². The molecular formula is C16H18ClFN2O. The molecule has 0 spiro atoms. The van der Waals surface area contributed by atoms with Gasteiger partial charge in [0.1, 0.15) is 12.1 Å². The minimum Gasteiger partial charge on any atom is -0.368 e. The smallest absolute Gasteiger partial charge is 0.130 e. The second-order valence-corrected chi connectivity index (χ2v) is 6.34. The molecule has 0 N–H and O–H groups in total. The number of hydrogen-bond donors (Lipinski definition) is 0. The molecule has 3 nitrogen and oxygen atoms in total. The minimum absolute atomic E-state index is 0.0995. The predicted molar refractivity (Wildman–Crippen MR) is 80.4 cm³/mol. The summed E-state index contributed by atoms with van der Waals surface area (Å²) in [6, 6.07) is 4.61. The summed E-state index contributed by atoms with van der Waals surface area (Å²) in [7, 11) is 0. The van der Waals surface area contributed by atoms with Crippen LogP contribution in [-0.2, 0) is 11.3 Å². The summed E-state index contributed by atoms with van der Waals surface area (Å²) >= 11 is 6.03. The third-order valence-corrected chi connectivity index (χ3v) is 3.48. The summed E-state index contributed by atoms with van der Waals surface area (Å²) < 4.78 is 19.7. The molecule has 0 bridgehead atoms. The Hall–Kier alpha value is -1.52. The zero-order valence-electron chi connectivity index (χ0n) is 12.3. The van der Waals surface area contributed by atoms with E-state index in [1.165, 1.54) is 12.4 Å². The van der Waals surface area contributed by atoms with Crippen molar-refractivity contribution in [2.45, 2.75) is 33.5 Å². The first-order chi connectivity index (χ1) is 9.89. The Bertz CT molecular complexity index is 579. The van der Waals surface area contributed by atoms with Crippen molar-refractivity contribution in [3.05, 3.63) is 58.9 Å². The maximum atomic E-state index is 13.8. The molecule has 1 atom stereocenters. The fourth-order valence-electron chi connectivity index (χ4n) is 2.13. The van der Waals surface area contributed by atoms with Crippen LogP contribution in [0, 0.1) is 11.2 Å². The highest BCUT2D eigenvalue weighted by Gasteiger charge is 2.28. The van der Waals surface area contributed by atoms with Crippen LogP contribution in [0.5, 0.6) is 0 Å². The maximum absolute atomic E-state index is 13.8. The summed E-state index contributed by atoms with van der Waals surface area (Å²) in [5.41, 5.74) is 1.05. The van der Waals surface area contributed by atoms with Gasteiger partial charge in [0, 0.05) is 28.5 Å². The molecule has 0 amide bonds. The van der Waals surface area contributed by atoms with Crippen molar-refractivity contribution < 1.29 is 9.13 Å². The molecular weight excluding hydrogens is 291 g/mol. The Kier molecular flexibility index (Phi) is 4.91. The van der Waals surface area contributed by atoms with E-state index >= 15 is 0 Å². The average Bonchev–Trinajstić information content (AvgIpc) is 2.42. The molecule has 1 heterocycles. The third-order valence-electron chi connectivity index (χ3n) is 3.13. The topological polar surface area (TPSA) is 35.0 Å². The number of ether oxygens (including phenoxy) is 1. The summed E-state index contributed by atoms with van der Waals surface area (Å²) in [6.07, 6.45) is 4.64. The van der Waals surface area contributed by atoms with Crippen molar-refractivity contribution in [3.8, 4) is 0 Å². The largest absolute Gasteiger partial charge is 0.368 e. The van der Waals surface area contributed by atoms with Gasteiger partial charge >= 0.3 is 0 Å². The van der Waals surface area contributed by atoms with Gasteiger partial charge in [-0.15, -0.1) is 0 Å². The molecule has 0 aliphatic rings. The molecule has 0 fully saturated rings. The van der Waals surface area contributed by atoms with Crippen molar-refractivity contribution in [2.75, 3.05) is 0 Å². The number of halogens is 2. The second-order valence-electron chi connectivity index (χ2n) is 5.93. The highest BCUT2D eigenvalue weighted by Crippen LogP contribution is 2.36. The van der Waals surface area contributed by atoms with Gasteiger partial charge in [0.05, 0.1) is 12.7 Å². The lowest BCUT2D eigenvalue weighted by Crippen LogP contribution is -2.22. The van der Waals surface area contributed by atoms with E-state index < -0.39 is 0 Å². The molecule has 21 heavy (non-hydrogen) atoms. The van der Waals surface area contributed by atoms with Crippen LogP contribution in [0.15, 0.2) is 36.9 Å². The fraction of sp³-hybridized carbons (Fsp3) is 0.375. The van der Waals surface area contributed by atoms with Crippen LogP contribution in [0.1, 0.15) is 38.0 Å². The molecule has 2 rings (SSSR count). The Morgan fingerprint density at radius 1 is 1.24 bits per heavy atom. The zero-order chi connectivity index (χ0) is 15.5. The van der Waals surface area contributed by atoms with Crippen LogP contribution in [-0.4, -0.2) is 9.97 Å². The molecule has 5 heteroatoms. The van der Waals surface area contributed by atoms with Crippen molar-refractivity contribution in [3.63, 3.8) is 0 Å². The zero-order valence-corrected chi connectivity index (χ0v) is 13.1. The number of benzene rings is 1. The number of hydrogen-bond acceptors (Lipinski definition) is 3. The first-order valence-corrected chi connectivity index (χ1v) is 7.07. The van der Waals surface area contributed by atoms with Crippen LogP contribution < -0.4 is 0 Å². The van der Waals surface area contributed by atoms with Gasteiger partial charge in [-0.3, -0.25) is 0 Å². The van der Waals surface area contributed by atoms with E-state index in [0.717, 1.165) is 5.56 Å². The lowest BCUT2D eigenvalue weighted by atomic mass is 9.85. The molecule has 1 aromatic carbocycles. The Labute approximate surface area is 129 Å². The Morgan fingerprint density at radius 3 is 2.48 bits per heavy atom. The lowest BCUT2D eigenvalue weighted by molar-refractivity contribution is -0.0318. The molecule has 0 radical (unpaired) electrons. The summed E-state index contributed by atoms with van der Waals surface area (Å²) in [5, 5.41) is 0.368. The van der Waals surface area contributed by atoms with Gasteiger partial charge in [0.25, 0.3) is 0 Å². The quantitative estimate of drug-likeness (QED) is 0.829. The summed E-state index contributed by atoms with van der Waals surface area (Å²) in [4.78, 5) is 8.04. The molecule has 0 saturated carbocycles. The summed E-state index contributed by atoms with van der Waals surface area (Å²) in [5.74, 6) is -0.362. The molecule has 1 unspecified atom stereocenters. The predicted octanol–water partition coefficient (Wildman–Crippen LogP) is 4.57. The molecule has 2 aromatic rings. The van der Waals surface area contributed by atoms with Gasteiger partial charge in [0.15, 0.2) is 0 Å². The van der Waals surface area contributed by atoms with Gasteiger partial charge in [-0.2, -0.15) is 0 Å². The Balaban J connectivity index is 2.22. The normalized spacial score (nSPS) is 13.2. The standard InChI is InChI=1S/C16H18ClFN2O/c1-16(2,3)15(11-7-19-10-20-8-11)21-9-12-13(17)5-4-6-14(12)18/h4-8,10,15H,9H2,1-3H3. The molecule has 0 saturated heterocycles. The van der Waals surface area contributed by atoms with E-state index in [0.29, 0.717) is 10.6 Å². The van der Waals surface area contributed by atoms with Crippen LogP contribution in [0.3, 0.4) is 0 Å². The van der Waals surface area contributed by atoms with E-state index in [4.69, 9.17) is 16.3 Å². The van der Waals surface area contributed by atoms with E-state index in [1.54, 1.807) is 24.5 Å². The van der Waals surface area contributed by atoms with Crippen LogP contribution in [0.4, 0.5) is 4.39 Å². The van der Waals surface area contributed by atoms with E-state index in [2.05, 4.69) is 9.97 Å². The van der Waals surface area contributed by atoms with Gasteiger partial charge in [0.2, 0.25) is 0 Å². The van der Waals surface area contributed by atoms with E-state index in [-0.39, 0.29) is 23.9 Å². The first kappa shape index (κ1) is 15.9. The second kappa shape index (κ2) is 6.50. The van der Waals surface area contributed by atoms with Crippen LogP contribution in [0.2, 0.25) is 5.02 Å². The maximum Gasteiger partial charge on any atom is 0.130 e. The fourth-order valence-corrected chi connectivity index (χ4v) is 2.35. The third kappa shape index (κ3) is 3.99. The first-order valence-electron chi connectivity index (χ1n) is 6.69. The van der Waals surface area contributed by atoms with Crippen molar-refractivity contribution in [1.29, 1.82) is 0 Å². The molecule has 112 valence electrons. The van der Waals surface area contributed by atoms with Gasteiger partial charge in [-0.05, 0) is 17.5 Å². The van der Waals surface area contributed by atoms with Gasteiger partial charge < -0.3 is 4.74 Å². The highest BCUT2D eigenvalue weighted by atomic mass is 35.5. The highest BCUT2D eigenvalue weighted by molar-refractivity contribution is 6.31. The van der Waals surface area contributed by atoms with Crippen molar-refractivity contribution >= 4 is 11.6 Å². The SMILES string of the molecule is CC(C)(C)C(OCc1c(F)cccc1Cl)c1cncnc1. The lowest BCUT2D eigenvalue weighted by Gasteiger charge is -2.30. The number of nitrogens with zero attached hydrogens (tertiary/aromatic N) is 2. The number of aromatic nitrogens is 2. The van der Waals surface area contributed by atoms with Crippen LogP contribution >= 0.6 is 11.6 Å². The Morgan fingerprint density at radius 2 is 1.90 bits per heavy atom. The van der Waals surface area contributed by atoms with Crippen molar-refractivity contribution in [1.82, 2.24) is 9.97 Å². The van der Waals surface area contributed by atoms with Crippen molar-refractivity contribution in [2.24, 2.45) is 5.41 Å². The molecule has 0 aliphatic carbocycles. The summed E-state index contributed by atoms with van der Waals surface area (Å²) in [6.45, 7) is 6.25. The van der Waals surface area contributed by atoms with E-state index in [1.807, 2.05) is 20.8 Å². The molecule has 1 aromatic heterocycles.